The lowest BCUT2D eigenvalue weighted by atomic mass is 9.81. The van der Waals surface area contributed by atoms with Crippen molar-refractivity contribution in [2.75, 3.05) is 12.9 Å². The summed E-state index contributed by atoms with van der Waals surface area (Å²) in [6, 6.07) is 1.53. The molecule has 4 nitrogen and oxygen atoms in total. The summed E-state index contributed by atoms with van der Waals surface area (Å²) in [7, 11) is -3.87. The summed E-state index contributed by atoms with van der Waals surface area (Å²) in [5.74, 6) is -2.38. The predicted octanol–water partition coefficient (Wildman–Crippen LogP) is 3.26. The fourth-order valence-electron chi connectivity index (χ4n) is 3.49. The SMILES string of the molecule is CS(=O)(=O)c1cc(F)c(C2=C(C3CCCCC3)C(=O)OC2)cc1F. The van der Waals surface area contributed by atoms with E-state index < -0.39 is 32.3 Å². The summed E-state index contributed by atoms with van der Waals surface area (Å²) in [4.78, 5) is 11.4. The Kier molecular flexibility index (Phi) is 4.46. The molecule has 2 aliphatic rings. The van der Waals surface area contributed by atoms with Crippen LogP contribution in [0, 0.1) is 17.6 Å². The van der Waals surface area contributed by atoms with Gasteiger partial charge in [-0.1, -0.05) is 19.3 Å². The van der Waals surface area contributed by atoms with Crippen LogP contribution in [0.15, 0.2) is 22.6 Å². The Morgan fingerprint density at radius 2 is 1.75 bits per heavy atom. The van der Waals surface area contributed by atoms with Gasteiger partial charge < -0.3 is 4.74 Å². The maximum absolute atomic E-state index is 14.4. The normalized spacial score (nSPS) is 19.7. The fourth-order valence-corrected chi connectivity index (χ4v) is 4.22. The van der Waals surface area contributed by atoms with E-state index in [2.05, 4.69) is 0 Å². The molecule has 0 spiro atoms. The van der Waals surface area contributed by atoms with Crippen LogP contribution in [-0.2, 0) is 19.4 Å². The second-order valence-electron chi connectivity index (χ2n) is 6.34. The minimum absolute atomic E-state index is 0.0132. The Labute approximate surface area is 139 Å². The van der Waals surface area contributed by atoms with Crippen molar-refractivity contribution in [2.24, 2.45) is 5.92 Å². The van der Waals surface area contributed by atoms with Crippen LogP contribution in [0.4, 0.5) is 8.78 Å². The molecule has 7 heteroatoms. The van der Waals surface area contributed by atoms with Gasteiger partial charge in [0.25, 0.3) is 0 Å². The lowest BCUT2D eigenvalue weighted by Gasteiger charge is -2.22. The summed E-state index contributed by atoms with van der Waals surface area (Å²) in [6.07, 6.45) is 5.52. The second kappa shape index (κ2) is 6.27. The van der Waals surface area contributed by atoms with Crippen LogP contribution in [0.5, 0.6) is 0 Å². The smallest absolute Gasteiger partial charge is 0.335 e. The molecule has 1 aliphatic heterocycles. The molecule has 0 N–H and O–H groups in total. The standard InChI is InChI=1S/C17H18F2O4S/c1-24(21,22)15-8-13(18)11(7-14(15)19)12-9-23-17(20)16(12)10-5-3-2-4-6-10/h7-8,10H,2-6,9H2,1H3. The summed E-state index contributed by atoms with van der Waals surface area (Å²) in [5.41, 5.74) is 0.662. The van der Waals surface area contributed by atoms with Crippen LogP contribution >= 0.6 is 0 Å². The number of rotatable bonds is 3. The van der Waals surface area contributed by atoms with Crippen molar-refractivity contribution in [3.63, 3.8) is 0 Å². The number of carbonyl (C=O) groups is 1. The van der Waals surface area contributed by atoms with E-state index in [0.29, 0.717) is 17.2 Å². The van der Waals surface area contributed by atoms with Crippen LogP contribution in [0.2, 0.25) is 0 Å². The van der Waals surface area contributed by atoms with Crippen molar-refractivity contribution in [1.29, 1.82) is 0 Å². The third kappa shape index (κ3) is 3.09. The zero-order valence-electron chi connectivity index (χ0n) is 13.3. The largest absolute Gasteiger partial charge is 0.457 e. The highest BCUT2D eigenvalue weighted by Gasteiger charge is 2.34. The number of cyclic esters (lactones) is 1. The van der Waals surface area contributed by atoms with E-state index in [1.165, 1.54) is 0 Å². The zero-order chi connectivity index (χ0) is 17.5. The first kappa shape index (κ1) is 17.1. The Morgan fingerprint density at radius 1 is 1.08 bits per heavy atom. The minimum Gasteiger partial charge on any atom is -0.457 e. The highest BCUT2D eigenvalue weighted by molar-refractivity contribution is 7.90. The maximum atomic E-state index is 14.4. The first-order valence-corrected chi connectivity index (χ1v) is 9.78. The molecule has 24 heavy (non-hydrogen) atoms. The number of sulfone groups is 1. The molecule has 3 rings (SSSR count). The van der Waals surface area contributed by atoms with Crippen LogP contribution < -0.4 is 0 Å². The molecule has 0 aromatic heterocycles. The quantitative estimate of drug-likeness (QED) is 0.780. The van der Waals surface area contributed by atoms with E-state index in [1.807, 2.05) is 0 Å². The van der Waals surface area contributed by atoms with E-state index in [0.717, 1.165) is 44.4 Å². The molecule has 0 unspecified atom stereocenters. The molecule has 1 heterocycles. The van der Waals surface area contributed by atoms with E-state index in [1.54, 1.807) is 0 Å². The average molecular weight is 356 g/mol. The van der Waals surface area contributed by atoms with Gasteiger partial charge in [-0.15, -0.1) is 0 Å². The summed E-state index contributed by atoms with van der Waals surface area (Å²) < 4.78 is 56.7. The van der Waals surface area contributed by atoms with Gasteiger partial charge in [0.1, 0.15) is 23.1 Å². The molecule has 0 bridgehead atoms. The number of benzene rings is 1. The average Bonchev–Trinajstić information content (AvgIpc) is 2.90. The van der Waals surface area contributed by atoms with Crippen molar-refractivity contribution >= 4 is 21.4 Å². The van der Waals surface area contributed by atoms with Gasteiger partial charge in [-0.25, -0.2) is 22.0 Å². The first-order valence-electron chi connectivity index (χ1n) is 7.88. The molecule has 130 valence electrons. The Bertz CT molecular complexity index is 821. The molecule has 0 saturated heterocycles. The molecule has 1 aromatic carbocycles. The Balaban J connectivity index is 2.11. The Morgan fingerprint density at radius 3 is 2.38 bits per heavy atom. The van der Waals surface area contributed by atoms with Gasteiger partial charge in [0.15, 0.2) is 9.84 Å². The molecule has 0 atom stereocenters. The highest BCUT2D eigenvalue weighted by atomic mass is 32.2. The number of carbonyl (C=O) groups excluding carboxylic acids is 1. The minimum atomic E-state index is -3.87. The summed E-state index contributed by atoms with van der Waals surface area (Å²) >= 11 is 0. The summed E-state index contributed by atoms with van der Waals surface area (Å²) in [6.45, 7) is -0.112. The van der Waals surface area contributed by atoms with E-state index >= 15 is 0 Å². The molecule has 1 fully saturated rings. The number of halogens is 2. The van der Waals surface area contributed by atoms with Gasteiger partial charge in [-0.3, -0.25) is 0 Å². The zero-order valence-corrected chi connectivity index (χ0v) is 14.1. The van der Waals surface area contributed by atoms with Gasteiger partial charge in [0, 0.05) is 23.0 Å². The van der Waals surface area contributed by atoms with E-state index in [9.17, 15) is 22.0 Å². The summed E-state index contributed by atoms with van der Waals surface area (Å²) in [5, 5.41) is 0. The molecule has 1 aromatic rings. The fraction of sp³-hybridized carbons (Fsp3) is 0.471. The predicted molar refractivity (Wildman–Crippen MR) is 83.9 cm³/mol. The number of ether oxygens (including phenoxy) is 1. The van der Waals surface area contributed by atoms with Crippen LogP contribution in [0.25, 0.3) is 5.57 Å². The van der Waals surface area contributed by atoms with Crippen LogP contribution in [0.1, 0.15) is 37.7 Å². The van der Waals surface area contributed by atoms with Gasteiger partial charge in [0.2, 0.25) is 0 Å². The van der Waals surface area contributed by atoms with Crippen molar-refractivity contribution < 1.29 is 26.7 Å². The van der Waals surface area contributed by atoms with Gasteiger partial charge in [-0.05, 0) is 30.9 Å². The van der Waals surface area contributed by atoms with Gasteiger partial charge >= 0.3 is 5.97 Å². The topological polar surface area (TPSA) is 60.4 Å². The molecular weight excluding hydrogens is 338 g/mol. The molecular formula is C17H18F2O4S. The molecule has 0 amide bonds. The molecule has 1 saturated carbocycles. The third-order valence-corrected chi connectivity index (χ3v) is 5.76. The van der Waals surface area contributed by atoms with Crippen LogP contribution in [-0.4, -0.2) is 27.2 Å². The monoisotopic (exact) mass is 356 g/mol. The maximum Gasteiger partial charge on any atom is 0.335 e. The van der Waals surface area contributed by atoms with Crippen LogP contribution in [0.3, 0.4) is 0 Å². The second-order valence-corrected chi connectivity index (χ2v) is 8.32. The highest BCUT2D eigenvalue weighted by Crippen LogP contribution is 2.39. The van der Waals surface area contributed by atoms with E-state index in [-0.39, 0.29) is 18.1 Å². The first-order chi connectivity index (χ1) is 11.3. The van der Waals surface area contributed by atoms with Crippen molar-refractivity contribution in [1.82, 2.24) is 0 Å². The van der Waals surface area contributed by atoms with Crippen molar-refractivity contribution in [3.8, 4) is 0 Å². The number of esters is 1. The van der Waals surface area contributed by atoms with Crippen molar-refractivity contribution in [3.05, 3.63) is 34.9 Å². The van der Waals surface area contributed by atoms with Crippen molar-refractivity contribution in [2.45, 2.75) is 37.0 Å². The Hall–Kier alpha value is -1.76. The number of hydrogen-bond donors (Lipinski definition) is 0. The molecule has 0 radical (unpaired) electrons. The number of hydrogen-bond acceptors (Lipinski definition) is 4. The third-order valence-electron chi connectivity index (χ3n) is 4.65. The lowest BCUT2D eigenvalue weighted by Crippen LogP contribution is -2.15. The lowest BCUT2D eigenvalue weighted by molar-refractivity contribution is -0.136. The van der Waals surface area contributed by atoms with Gasteiger partial charge in [-0.2, -0.15) is 0 Å². The molecule has 1 aliphatic carbocycles. The van der Waals surface area contributed by atoms with Gasteiger partial charge in [0.05, 0.1) is 0 Å². The van der Waals surface area contributed by atoms with E-state index in [4.69, 9.17) is 4.74 Å².